The van der Waals surface area contributed by atoms with Gasteiger partial charge < -0.3 is 16.0 Å². The maximum Gasteiger partial charge on any atom is 0.251 e. The summed E-state index contributed by atoms with van der Waals surface area (Å²) in [6, 6.07) is 7.13. The lowest BCUT2D eigenvalue weighted by molar-refractivity contribution is -0.114. The lowest BCUT2D eigenvalue weighted by Gasteiger charge is -2.46. The lowest BCUT2D eigenvalue weighted by Crippen LogP contribution is -2.62. The molecular formula is C18H27N3O2. The topological polar surface area (TPSA) is 70.2 Å². The van der Waals surface area contributed by atoms with Crippen LogP contribution in [0.15, 0.2) is 24.3 Å². The van der Waals surface area contributed by atoms with E-state index in [0.717, 1.165) is 12.8 Å². The first-order valence-corrected chi connectivity index (χ1v) is 8.04. The number of nitrogens with one attached hydrogen (secondary N) is 3. The third-order valence-corrected chi connectivity index (χ3v) is 3.97. The van der Waals surface area contributed by atoms with Gasteiger partial charge in [-0.05, 0) is 58.7 Å². The molecule has 5 nitrogen and oxygen atoms in total. The zero-order chi connectivity index (χ0) is 17.3. The number of hydrogen-bond acceptors (Lipinski definition) is 3. The highest BCUT2D eigenvalue weighted by Crippen LogP contribution is 2.28. The summed E-state index contributed by atoms with van der Waals surface area (Å²) < 4.78 is 0. The quantitative estimate of drug-likeness (QED) is 0.803. The van der Waals surface area contributed by atoms with E-state index in [4.69, 9.17) is 0 Å². The highest BCUT2D eigenvalue weighted by atomic mass is 16.2. The highest BCUT2D eigenvalue weighted by molar-refractivity contribution is 5.96. The number of anilines is 1. The number of carbonyl (C=O) groups excluding carboxylic acids is 2. The molecule has 1 saturated heterocycles. The Balaban J connectivity index is 2.08. The molecule has 1 aliphatic heterocycles. The van der Waals surface area contributed by atoms with E-state index < -0.39 is 0 Å². The first kappa shape index (κ1) is 17.5. The summed E-state index contributed by atoms with van der Waals surface area (Å²) in [5.74, 6) is -0.250. The van der Waals surface area contributed by atoms with E-state index >= 15 is 0 Å². The van der Waals surface area contributed by atoms with Crippen LogP contribution in [-0.4, -0.2) is 28.9 Å². The maximum absolute atomic E-state index is 12.5. The maximum atomic E-state index is 12.5. The first-order valence-electron chi connectivity index (χ1n) is 8.04. The predicted octanol–water partition coefficient (Wildman–Crippen LogP) is 2.68. The van der Waals surface area contributed by atoms with Gasteiger partial charge in [-0.25, -0.2) is 0 Å². The normalized spacial score (nSPS) is 19.9. The minimum atomic E-state index is -0.149. The Kier molecular flexibility index (Phi) is 4.80. The van der Waals surface area contributed by atoms with E-state index in [1.165, 1.54) is 6.92 Å². The molecule has 2 rings (SSSR count). The van der Waals surface area contributed by atoms with Crippen LogP contribution >= 0.6 is 0 Å². The van der Waals surface area contributed by atoms with Gasteiger partial charge in [0, 0.05) is 35.3 Å². The summed E-state index contributed by atoms with van der Waals surface area (Å²) in [7, 11) is 0. The predicted molar refractivity (Wildman–Crippen MR) is 92.5 cm³/mol. The summed E-state index contributed by atoms with van der Waals surface area (Å²) in [4.78, 5) is 23.7. The fourth-order valence-corrected chi connectivity index (χ4v) is 3.63. The van der Waals surface area contributed by atoms with Gasteiger partial charge in [0.1, 0.15) is 0 Å². The Labute approximate surface area is 138 Å². The minimum absolute atomic E-state index is 0.0161. The number of amides is 2. The first-order chi connectivity index (χ1) is 10.6. The van der Waals surface area contributed by atoms with Crippen LogP contribution in [0, 0.1) is 0 Å². The number of rotatable bonds is 3. The number of carbonyl (C=O) groups is 2. The Bertz CT molecular complexity index is 592. The van der Waals surface area contributed by atoms with Crippen molar-refractivity contribution in [2.45, 2.75) is 64.6 Å². The summed E-state index contributed by atoms with van der Waals surface area (Å²) in [6.45, 7) is 10.1. The van der Waals surface area contributed by atoms with Gasteiger partial charge in [-0.1, -0.05) is 6.07 Å². The number of hydrogen-bond donors (Lipinski definition) is 3. The molecule has 126 valence electrons. The molecule has 2 amide bonds. The van der Waals surface area contributed by atoms with Crippen LogP contribution in [0.25, 0.3) is 0 Å². The number of benzene rings is 1. The van der Waals surface area contributed by atoms with Crippen molar-refractivity contribution in [2.75, 3.05) is 5.32 Å². The summed E-state index contributed by atoms with van der Waals surface area (Å²) in [5, 5.41) is 9.44. The van der Waals surface area contributed by atoms with Gasteiger partial charge in [0.15, 0.2) is 0 Å². The molecule has 0 unspecified atom stereocenters. The van der Waals surface area contributed by atoms with Gasteiger partial charge in [0.05, 0.1) is 0 Å². The summed E-state index contributed by atoms with van der Waals surface area (Å²) in [5.41, 5.74) is 1.16. The fourth-order valence-electron chi connectivity index (χ4n) is 3.63. The molecule has 1 aromatic rings. The van der Waals surface area contributed by atoms with Gasteiger partial charge in [0.2, 0.25) is 5.91 Å². The van der Waals surface area contributed by atoms with E-state index in [1.54, 1.807) is 24.3 Å². The van der Waals surface area contributed by atoms with Crippen LogP contribution in [0.2, 0.25) is 0 Å². The van der Waals surface area contributed by atoms with Crippen molar-refractivity contribution >= 4 is 17.5 Å². The second-order valence-electron chi connectivity index (χ2n) is 7.73. The molecule has 0 spiro atoms. The Morgan fingerprint density at radius 3 is 2.30 bits per heavy atom. The third-order valence-electron chi connectivity index (χ3n) is 3.97. The van der Waals surface area contributed by atoms with E-state index in [9.17, 15) is 9.59 Å². The molecule has 1 aliphatic rings. The van der Waals surface area contributed by atoms with Crippen LogP contribution in [0.4, 0.5) is 5.69 Å². The van der Waals surface area contributed by atoms with Crippen LogP contribution < -0.4 is 16.0 Å². The van der Waals surface area contributed by atoms with Gasteiger partial charge in [0.25, 0.3) is 5.91 Å². The van der Waals surface area contributed by atoms with E-state index in [2.05, 4.69) is 43.6 Å². The van der Waals surface area contributed by atoms with Crippen molar-refractivity contribution in [1.29, 1.82) is 0 Å². The molecule has 1 fully saturated rings. The van der Waals surface area contributed by atoms with Gasteiger partial charge in [-0.15, -0.1) is 0 Å². The molecule has 0 aromatic heterocycles. The van der Waals surface area contributed by atoms with Gasteiger partial charge in [-0.3, -0.25) is 9.59 Å². The monoisotopic (exact) mass is 317 g/mol. The molecule has 1 aromatic carbocycles. The van der Waals surface area contributed by atoms with Crippen LogP contribution in [-0.2, 0) is 4.79 Å². The van der Waals surface area contributed by atoms with Crippen LogP contribution in [0.5, 0.6) is 0 Å². The van der Waals surface area contributed by atoms with Gasteiger partial charge in [-0.2, -0.15) is 0 Å². The van der Waals surface area contributed by atoms with Crippen molar-refractivity contribution in [1.82, 2.24) is 10.6 Å². The minimum Gasteiger partial charge on any atom is -0.349 e. The smallest absolute Gasteiger partial charge is 0.251 e. The Morgan fingerprint density at radius 2 is 1.74 bits per heavy atom. The Hall–Kier alpha value is -1.88. The van der Waals surface area contributed by atoms with Crippen LogP contribution in [0.1, 0.15) is 57.8 Å². The van der Waals surface area contributed by atoms with Crippen molar-refractivity contribution in [3.8, 4) is 0 Å². The standard InChI is InChI=1S/C18H27N3O2/c1-12(22)19-14-8-6-7-13(9-14)16(23)20-15-10-17(2,3)21-18(4,5)11-15/h6-9,15,21H,10-11H2,1-5H3,(H,19,22)(H,20,23). The SMILES string of the molecule is CC(=O)Nc1cccc(C(=O)NC2CC(C)(C)NC(C)(C)C2)c1. The molecule has 0 radical (unpaired) electrons. The molecule has 5 heteroatoms. The third kappa shape index (κ3) is 5.06. The summed E-state index contributed by atoms with van der Waals surface area (Å²) in [6.07, 6.45) is 1.76. The largest absolute Gasteiger partial charge is 0.349 e. The number of piperidine rings is 1. The summed E-state index contributed by atoms with van der Waals surface area (Å²) >= 11 is 0. The molecular weight excluding hydrogens is 290 g/mol. The molecule has 3 N–H and O–H groups in total. The van der Waals surface area contributed by atoms with E-state index in [0.29, 0.717) is 11.3 Å². The zero-order valence-corrected chi connectivity index (χ0v) is 14.6. The van der Waals surface area contributed by atoms with Gasteiger partial charge >= 0.3 is 0 Å². The average molecular weight is 317 g/mol. The van der Waals surface area contributed by atoms with Crippen molar-refractivity contribution in [3.63, 3.8) is 0 Å². The molecule has 23 heavy (non-hydrogen) atoms. The van der Waals surface area contributed by atoms with Crippen molar-refractivity contribution in [2.24, 2.45) is 0 Å². The van der Waals surface area contributed by atoms with Crippen molar-refractivity contribution in [3.05, 3.63) is 29.8 Å². The average Bonchev–Trinajstić information content (AvgIpc) is 2.34. The van der Waals surface area contributed by atoms with Crippen molar-refractivity contribution < 1.29 is 9.59 Å². The fraction of sp³-hybridized carbons (Fsp3) is 0.556. The van der Waals surface area contributed by atoms with E-state index in [-0.39, 0.29) is 28.9 Å². The molecule has 0 aliphatic carbocycles. The molecule has 1 heterocycles. The zero-order valence-electron chi connectivity index (χ0n) is 14.6. The Morgan fingerprint density at radius 1 is 1.13 bits per heavy atom. The van der Waals surface area contributed by atoms with E-state index in [1.807, 2.05) is 0 Å². The molecule has 0 bridgehead atoms. The molecule has 0 atom stereocenters. The molecule has 0 saturated carbocycles. The van der Waals surface area contributed by atoms with Crippen LogP contribution in [0.3, 0.4) is 0 Å². The lowest BCUT2D eigenvalue weighted by atomic mass is 9.79. The second-order valence-corrected chi connectivity index (χ2v) is 7.73. The second kappa shape index (κ2) is 6.32. The highest BCUT2D eigenvalue weighted by Gasteiger charge is 2.38.